The van der Waals surface area contributed by atoms with Crippen molar-refractivity contribution in [1.29, 1.82) is 0 Å². The molecule has 6 nitrogen and oxygen atoms in total. The van der Waals surface area contributed by atoms with Crippen LogP contribution in [-0.2, 0) is 14.8 Å². The third-order valence-corrected chi connectivity index (χ3v) is 5.45. The number of sulfonamides is 1. The van der Waals surface area contributed by atoms with E-state index in [2.05, 4.69) is 10.2 Å². The van der Waals surface area contributed by atoms with E-state index in [0.717, 1.165) is 18.8 Å². The number of hydrogen-bond acceptors (Lipinski definition) is 4. The molecule has 1 aliphatic heterocycles. The fourth-order valence-corrected chi connectivity index (χ4v) is 3.83. The van der Waals surface area contributed by atoms with Crippen LogP contribution in [0.5, 0.6) is 0 Å². The van der Waals surface area contributed by atoms with Crippen LogP contribution in [0, 0.1) is 5.92 Å². The van der Waals surface area contributed by atoms with Crippen molar-refractivity contribution in [3.8, 4) is 0 Å². The second kappa shape index (κ2) is 8.56. The molecule has 1 heterocycles. The Bertz CT molecular complexity index is 665. The van der Waals surface area contributed by atoms with Crippen molar-refractivity contribution in [3.63, 3.8) is 0 Å². The summed E-state index contributed by atoms with van der Waals surface area (Å²) in [7, 11) is -3.44. The van der Waals surface area contributed by atoms with Crippen LogP contribution in [0.25, 0.3) is 0 Å². The summed E-state index contributed by atoms with van der Waals surface area (Å²) in [6.45, 7) is 6.88. The van der Waals surface area contributed by atoms with Gasteiger partial charge in [0.1, 0.15) is 0 Å². The topological polar surface area (TPSA) is 69.7 Å². The van der Waals surface area contributed by atoms with Crippen molar-refractivity contribution in [2.45, 2.75) is 33.1 Å². The predicted octanol–water partition coefficient (Wildman–Crippen LogP) is 2.22. The maximum atomic E-state index is 12.1. The van der Waals surface area contributed by atoms with Crippen LogP contribution < -0.4 is 14.5 Å². The predicted molar refractivity (Wildman–Crippen MR) is 103 cm³/mol. The zero-order valence-electron chi connectivity index (χ0n) is 15.4. The summed E-state index contributed by atoms with van der Waals surface area (Å²) in [5.41, 5.74) is 1.71. The normalized spacial score (nSPS) is 14.8. The summed E-state index contributed by atoms with van der Waals surface area (Å²) in [6, 6.07) is 7.55. The van der Waals surface area contributed by atoms with Gasteiger partial charge in [0.25, 0.3) is 0 Å². The fraction of sp³-hybridized carbons (Fsp3) is 0.611. The molecule has 0 saturated carbocycles. The van der Waals surface area contributed by atoms with E-state index < -0.39 is 10.0 Å². The minimum atomic E-state index is -3.44. The van der Waals surface area contributed by atoms with Crippen LogP contribution >= 0.6 is 0 Å². The van der Waals surface area contributed by atoms with Crippen molar-refractivity contribution in [3.05, 3.63) is 24.3 Å². The number of rotatable bonds is 8. The van der Waals surface area contributed by atoms with Crippen LogP contribution in [-0.4, -0.2) is 46.8 Å². The van der Waals surface area contributed by atoms with Crippen LogP contribution in [0.3, 0.4) is 0 Å². The average molecular weight is 368 g/mol. The molecule has 0 spiro atoms. The number of amides is 1. The van der Waals surface area contributed by atoms with Gasteiger partial charge in [-0.15, -0.1) is 0 Å². The molecule has 0 atom stereocenters. The van der Waals surface area contributed by atoms with E-state index in [-0.39, 0.29) is 18.9 Å². The molecule has 1 aliphatic rings. The lowest BCUT2D eigenvalue weighted by molar-refractivity contribution is -0.121. The molecular formula is C18H29N3O3S. The van der Waals surface area contributed by atoms with Crippen LogP contribution in [0.15, 0.2) is 24.3 Å². The number of carbonyl (C=O) groups excluding carboxylic acids is 1. The van der Waals surface area contributed by atoms with E-state index in [4.69, 9.17) is 0 Å². The Kier molecular flexibility index (Phi) is 6.70. The standard InChI is InChI=1S/C18H29N3O3S/c1-15(2)14-19-18(22)10-13-21(25(3,23)24)17-8-6-16(7-9-17)20-11-4-5-12-20/h6-9,15H,4-5,10-14H2,1-3H3,(H,19,22). The summed E-state index contributed by atoms with van der Waals surface area (Å²) in [5, 5.41) is 2.82. The molecule has 25 heavy (non-hydrogen) atoms. The van der Waals surface area contributed by atoms with Crippen molar-refractivity contribution < 1.29 is 13.2 Å². The highest BCUT2D eigenvalue weighted by molar-refractivity contribution is 7.92. The summed E-state index contributed by atoms with van der Waals surface area (Å²) in [5.74, 6) is 0.240. The zero-order valence-corrected chi connectivity index (χ0v) is 16.2. The smallest absolute Gasteiger partial charge is 0.232 e. The van der Waals surface area contributed by atoms with Crippen molar-refractivity contribution in [2.24, 2.45) is 5.92 Å². The Balaban J connectivity index is 2.03. The largest absolute Gasteiger partial charge is 0.372 e. The lowest BCUT2D eigenvalue weighted by atomic mass is 10.2. The number of anilines is 2. The Hall–Kier alpha value is -1.76. The number of hydrogen-bond donors (Lipinski definition) is 1. The average Bonchev–Trinajstić information content (AvgIpc) is 3.07. The van der Waals surface area contributed by atoms with Crippen molar-refractivity contribution in [1.82, 2.24) is 5.32 Å². The van der Waals surface area contributed by atoms with Crippen molar-refractivity contribution in [2.75, 3.05) is 41.6 Å². The molecular weight excluding hydrogens is 338 g/mol. The Morgan fingerprint density at radius 2 is 1.80 bits per heavy atom. The van der Waals surface area contributed by atoms with Gasteiger partial charge in [-0.2, -0.15) is 0 Å². The fourth-order valence-electron chi connectivity index (χ4n) is 2.90. The number of nitrogens with one attached hydrogen (secondary N) is 1. The van der Waals surface area contributed by atoms with Gasteiger partial charge in [-0.1, -0.05) is 13.8 Å². The lowest BCUT2D eigenvalue weighted by Gasteiger charge is -2.24. The number of benzene rings is 1. The maximum absolute atomic E-state index is 12.1. The maximum Gasteiger partial charge on any atom is 0.232 e. The highest BCUT2D eigenvalue weighted by atomic mass is 32.2. The van der Waals surface area contributed by atoms with E-state index >= 15 is 0 Å². The first-order valence-corrected chi connectivity index (χ1v) is 10.7. The van der Waals surface area contributed by atoms with Gasteiger partial charge in [-0.3, -0.25) is 9.10 Å². The zero-order chi connectivity index (χ0) is 18.4. The van der Waals surface area contributed by atoms with Crippen LogP contribution in [0.4, 0.5) is 11.4 Å². The Labute approximate surface area is 151 Å². The molecule has 1 amide bonds. The van der Waals surface area contributed by atoms with Crippen LogP contribution in [0.2, 0.25) is 0 Å². The first kappa shape index (κ1) is 19.6. The number of nitrogens with zero attached hydrogens (tertiary/aromatic N) is 2. The van der Waals surface area contributed by atoms with E-state index in [1.165, 1.54) is 23.4 Å². The molecule has 0 bridgehead atoms. The van der Waals surface area contributed by atoms with Gasteiger partial charge in [0.05, 0.1) is 11.9 Å². The van der Waals surface area contributed by atoms with Gasteiger partial charge < -0.3 is 10.2 Å². The Morgan fingerprint density at radius 3 is 2.32 bits per heavy atom. The summed E-state index contributed by atoms with van der Waals surface area (Å²) in [4.78, 5) is 14.2. The third kappa shape index (κ3) is 5.92. The second-order valence-corrected chi connectivity index (χ2v) is 8.90. The number of carbonyl (C=O) groups is 1. The van der Waals surface area contributed by atoms with E-state index in [0.29, 0.717) is 18.2 Å². The van der Waals surface area contributed by atoms with Gasteiger partial charge in [0, 0.05) is 38.3 Å². The molecule has 2 rings (SSSR count). The molecule has 0 aliphatic carbocycles. The molecule has 1 aromatic carbocycles. The van der Waals surface area contributed by atoms with Gasteiger partial charge in [0.15, 0.2) is 0 Å². The second-order valence-electron chi connectivity index (χ2n) is 6.99. The summed E-state index contributed by atoms with van der Waals surface area (Å²) < 4.78 is 25.6. The van der Waals surface area contributed by atoms with Gasteiger partial charge >= 0.3 is 0 Å². The summed E-state index contributed by atoms with van der Waals surface area (Å²) >= 11 is 0. The molecule has 7 heteroatoms. The molecule has 1 saturated heterocycles. The molecule has 0 unspecified atom stereocenters. The van der Waals surface area contributed by atoms with E-state index in [1.807, 2.05) is 38.1 Å². The van der Waals surface area contributed by atoms with E-state index in [1.54, 1.807) is 0 Å². The molecule has 1 fully saturated rings. The highest BCUT2D eigenvalue weighted by Crippen LogP contribution is 2.25. The molecule has 0 aromatic heterocycles. The minimum absolute atomic E-state index is 0.129. The minimum Gasteiger partial charge on any atom is -0.372 e. The molecule has 140 valence electrons. The SMILES string of the molecule is CC(C)CNC(=O)CCN(c1ccc(N2CCCC2)cc1)S(C)(=O)=O. The van der Waals surface area contributed by atoms with Crippen molar-refractivity contribution >= 4 is 27.3 Å². The molecule has 1 aromatic rings. The Morgan fingerprint density at radius 1 is 1.20 bits per heavy atom. The van der Waals surface area contributed by atoms with Crippen LogP contribution in [0.1, 0.15) is 33.1 Å². The first-order chi connectivity index (χ1) is 11.8. The monoisotopic (exact) mass is 367 g/mol. The summed E-state index contributed by atoms with van der Waals surface area (Å²) in [6.07, 6.45) is 3.71. The third-order valence-electron chi connectivity index (χ3n) is 4.26. The highest BCUT2D eigenvalue weighted by Gasteiger charge is 2.19. The van der Waals surface area contributed by atoms with Gasteiger partial charge in [-0.05, 0) is 43.0 Å². The quantitative estimate of drug-likeness (QED) is 0.765. The molecule has 1 N–H and O–H groups in total. The van der Waals surface area contributed by atoms with Gasteiger partial charge in [-0.25, -0.2) is 8.42 Å². The lowest BCUT2D eigenvalue weighted by Crippen LogP contribution is -2.35. The first-order valence-electron chi connectivity index (χ1n) is 8.87. The van der Waals surface area contributed by atoms with E-state index in [9.17, 15) is 13.2 Å². The van der Waals surface area contributed by atoms with Gasteiger partial charge in [0.2, 0.25) is 15.9 Å². The molecule has 0 radical (unpaired) electrons.